The van der Waals surface area contributed by atoms with E-state index in [4.69, 9.17) is 35.2 Å². The molecule has 1 amide bonds. The van der Waals surface area contributed by atoms with Crippen LogP contribution in [0.4, 0.5) is 11.4 Å². The van der Waals surface area contributed by atoms with Crippen molar-refractivity contribution in [3.8, 4) is 17.2 Å². The van der Waals surface area contributed by atoms with E-state index in [1.54, 1.807) is 63.7 Å². The number of hydrogen-bond donors (Lipinski definition) is 4. The molecule has 3 aromatic carbocycles. The SMILES string of the molecule is COCC(C)Oc1ccc(C(Nc2ccc(C(=N)N)cc2)/C(=N/N(C)c2ccccc2OC)NC=O)cc1OC. The van der Waals surface area contributed by atoms with Crippen molar-refractivity contribution in [2.75, 3.05) is 45.3 Å². The van der Waals surface area contributed by atoms with Crippen LogP contribution in [-0.4, -0.2) is 59.2 Å². The van der Waals surface area contributed by atoms with Gasteiger partial charge in [-0.2, -0.15) is 5.10 Å². The Kier molecular flexibility index (Phi) is 10.7. The van der Waals surface area contributed by atoms with E-state index in [-0.39, 0.29) is 11.9 Å². The van der Waals surface area contributed by atoms with E-state index in [1.807, 2.05) is 43.3 Å². The fourth-order valence-electron chi connectivity index (χ4n) is 4.01. The first-order valence-electron chi connectivity index (χ1n) is 12.5. The summed E-state index contributed by atoms with van der Waals surface area (Å²) in [5.74, 6) is 1.95. The molecule has 2 atom stereocenters. The fraction of sp³-hybridized carbons (Fsp3) is 0.276. The number of nitrogen functional groups attached to an aromatic ring is 1. The van der Waals surface area contributed by atoms with Gasteiger partial charge in [0, 0.05) is 25.4 Å². The lowest BCUT2D eigenvalue weighted by atomic mass is 10.0. The Morgan fingerprint density at radius 2 is 1.73 bits per heavy atom. The summed E-state index contributed by atoms with van der Waals surface area (Å²) in [5.41, 5.74) is 8.36. The molecule has 0 saturated carbocycles. The molecule has 2 unspecified atom stereocenters. The minimum absolute atomic E-state index is 0.0329. The Balaban J connectivity index is 2.08. The highest BCUT2D eigenvalue weighted by Crippen LogP contribution is 2.33. The number of ether oxygens (including phenoxy) is 4. The molecule has 40 heavy (non-hydrogen) atoms. The summed E-state index contributed by atoms with van der Waals surface area (Å²) in [5, 5.41) is 20.2. The minimum Gasteiger partial charge on any atom is -0.495 e. The number of amidine groups is 2. The average Bonchev–Trinajstić information content (AvgIpc) is 2.96. The minimum atomic E-state index is -0.634. The molecule has 0 heterocycles. The monoisotopic (exact) mass is 548 g/mol. The normalized spacial score (nSPS) is 12.6. The number of rotatable bonds is 14. The number of hydrazone groups is 1. The van der Waals surface area contributed by atoms with Gasteiger partial charge in [-0.05, 0) is 61.0 Å². The van der Waals surface area contributed by atoms with E-state index in [0.717, 1.165) is 5.56 Å². The summed E-state index contributed by atoms with van der Waals surface area (Å²) in [7, 11) is 6.52. The maximum atomic E-state index is 11.8. The molecule has 5 N–H and O–H groups in total. The molecule has 3 rings (SSSR count). The van der Waals surface area contributed by atoms with Crippen LogP contribution in [0.25, 0.3) is 0 Å². The zero-order valence-electron chi connectivity index (χ0n) is 23.3. The Morgan fingerprint density at radius 3 is 2.35 bits per heavy atom. The third-order valence-electron chi connectivity index (χ3n) is 5.93. The molecule has 11 heteroatoms. The number of nitrogens with one attached hydrogen (secondary N) is 3. The maximum Gasteiger partial charge on any atom is 0.212 e. The second-order valence-electron chi connectivity index (χ2n) is 8.81. The van der Waals surface area contributed by atoms with E-state index in [2.05, 4.69) is 10.6 Å². The van der Waals surface area contributed by atoms with Gasteiger partial charge in [-0.15, -0.1) is 0 Å². The molecule has 3 aromatic rings. The predicted molar refractivity (Wildman–Crippen MR) is 157 cm³/mol. The molecular weight excluding hydrogens is 512 g/mol. The van der Waals surface area contributed by atoms with Crippen molar-refractivity contribution < 1.29 is 23.7 Å². The topological polar surface area (TPSA) is 144 Å². The number of anilines is 2. The third-order valence-corrected chi connectivity index (χ3v) is 5.93. The number of para-hydroxylation sites is 2. The number of carbonyl (C=O) groups is 1. The van der Waals surface area contributed by atoms with Crippen LogP contribution in [0.1, 0.15) is 24.1 Å². The smallest absolute Gasteiger partial charge is 0.212 e. The number of hydrogen-bond acceptors (Lipinski definition) is 9. The van der Waals surface area contributed by atoms with Gasteiger partial charge in [-0.25, -0.2) is 0 Å². The van der Waals surface area contributed by atoms with Crippen molar-refractivity contribution in [2.24, 2.45) is 10.8 Å². The van der Waals surface area contributed by atoms with Crippen LogP contribution in [-0.2, 0) is 9.53 Å². The fourth-order valence-corrected chi connectivity index (χ4v) is 4.01. The van der Waals surface area contributed by atoms with Crippen molar-refractivity contribution in [3.63, 3.8) is 0 Å². The first kappa shape index (κ1) is 29.8. The number of amides is 1. The van der Waals surface area contributed by atoms with Gasteiger partial charge < -0.3 is 35.3 Å². The second kappa shape index (κ2) is 14.4. The van der Waals surface area contributed by atoms with Crippen molar-refractivity contribution in [2.45, 2.75) is 19.1 Å². The first-order chi connectivity index (χ1) is 19.3. The van der Waals surface area contributed by atoms with Crippen molar-refractivity contribution >= 4 is 29.5 Å². The van der Waals surface area contributed by atoms with Crippen LogP contribution in [0.3, 0.4) is 0 Å². The predicted octanol–water partition coefficient (Wildman–Crippen LogP) is 3.75. The zero-order valence-corrected chi connectivity index (χ0v) is 23.3. The van der Waals surface area contributed by atoms with Gasteiger partial charge in [0.1, 0.15) is 29.4 Å². The lowest BCUT2D eigenvalue weighted by Crippen LogP contribution is -2.35. The van der Waals surface area contributed by atoms with E-state index in [9.17, 15) is 4.79 Å². The standard InChI is InChI=1S/C29H36N6O5/c1-19(17-37-3)40-25-15-12-21(16-26(25)39-5)27(33-22-13-10-20(11-14-22)28(30)31)29(32-18-36)34-35(2)23-8-6-7-9-24(23)38-4/h6-16,18-19,27,33H,17H2,1-5H3,(H3,30,31)(H,32,34,36). The summed E-state index contributed by atoms with van der Waals surface area (Å²) in [4.78, 5) is 11.8. The van der Waals surface area contributed by atoms with Crippen molar-refractivity contribution in [1.82, 2.24) is 5.32 Å². The summed E-state index contributed by atoms with van der Waals surface area (Å²) in [6, 6.07) is 19.4. The molecule has 0 aliphatic rings. The molecule has 0 spiro atoms. The highest BCUT2D eigenvalue weighted by Gasteiger charge is 2.23. The van der Waals surface area contributed by atoms with Gasteiger partial charge in [-0.1, -0.05) is 18.2 Å². The van der Waals surface area contributed by atoms with Crippen LogP contribution in [0.2, 0.25) is 0 Å². The van der Waals surface area contributed by atoms with E-state index in [1.165, 1.54) is 0 Å². The number of benzene rings is 3. The molecule has 0 fully saturated rings. The van der Waals surface area contributed by atoms with Gasteiger partial charge in [0.2, 0.25) is 6.41 Å². The maximum absolute atomic E-state index is 11.8. The largest absolute Gasteiger partial charge is 0.495 e. The molecule has 0 aliphatic heterocycles. The number of nitrogens with zero attached hydrogens (tertiary/aromatic N) is 2. The first-order valence-corrected chi connectivity index (χ1v) is 12.5. The Morgan fingerprint density at radius 1 is 1.02 bits per heavy atom. The highest BCUT2D eigenvalue weighted by atomic mass is 16.5. The van der Waals surface area contributed by atoms with Gasteiger partial charge in [0.05, 0.1) is 20.8 Å². The zero-order chi connectivity index (χ0) is 29.1. The van der Waals surface area contributed by atoms with E-state index < -0.39 is 6.04 Å². The van der Waals surface area contributed by atoms with E-state index >= 15 is 0 Å². The summed E-state index contributed by atoms with van der Waals surface area (Å²) in [6.07, 6.45) is 0.380. The van der Waals surface area contributed by atoms with Gasteiger partial charge in [0.15, 0.2) is 17.3 Å². The molecule has 0 radical (unpaired) electrons. The van der Waals surface area contributed by atoms with Crippen molar-refractivity contribution in [3.05, 3.63) is 77.9 Å². The van der Waals surface area contributed by atoms with Crippen LogP contribution >= 0.6 is 0 Å². The number of carbonyl (C=O) groups excluding carboxylic acids is 1. The number of nitrogens with two attached hydrogens (primary N) is 1. The van der Waals surface area contributed by atoms with Gasteiger partial charge in [-0.3, -0.25) is 15.2 Å². The Bertz CT molecular complexity index is 1310. The van der Waals surface area contributed by atoms with Crippen LogP contribution < -0.4 is 35.6 Å². The molecule has 0 aliphatic carbocycles. The third kappa shape index (κ3) is 7.64. The molecule has 11 nitrogen and oxygen atoms in total. The van der Waals surface area contributed by atoms with Crippen LogP contribution in [0.5, 0.6) is 17.2 Å². The van der Waals surface area contributed by atoms with Crippen LogP contribution in [0, 0.1) is 5.41 Å². The lowest BCUT2D eigenvalue weighted by molar-refractivity contribution is -0.108. The molecule has 0 bridgehead atoms. The Labute approximate surface area is 234 Å². The number of methoxy groups -OCH3 is 3. The lowest BCUT2D eigenvalue weighted by Gasteiger charge is -2.25. The summed E-state index contributed by atoms with van der Waals surface area (Å²) >= 11 is 0. The second-order valence-corrected chi connectivity index (χ2v) is 8.81. The Hall–Kier alpha value is -4.77. The average molecular weight is 549 g/mol. The van der Waals surface area contributed by atoms with Gasteiger partial charge in [0.25, 0.3) is 0 Å². The van der Waals surface area contributed by atoms with Crippen molar-refractivity contribution in [1.29, 1.82) is 5.41 Å². The quantitative estimate of drug-likeness (QED) is 0.103. The molecule has 0 aromatic heterocycles. The highest BCUT2D eigenvalue weighted by molar-refractivity contribution is 5.98. The van der Waals surface area contributed by atoms with Gasteiger partial charge >= 0.3 is 0 Å². The summed E-state index contributed by atoms with van der Waals surface area (Å²) in [6.45, 7) is 2.32. The van der Waals surface area contributed by atoms with E-state index in [0.29, 0.717) is 53.0 Å². The molecular formula is C29H36N6O5. The molecule has 212 valence electrons. The summed E-state index contributed by atoms with van der Waals surface area (Å²) < 4.78 is 22.3. The van der Waals surface area contributed by atoms with Crippen LogP contribution in [0.15, 0.2) is 71.8 Å². The molecule has 0 saturated heterocycles.